The number of likely N-dealkylation sites (N-methyl/N-ethyl adjacent to an activating group) is 1. The zero-order valence-electron chi connectivity index (χ0n) is 16.2. The number of benzene rings is 1. The highest BCUT2D eigenvalue weighted by Gasteiger charge is 2.31. The molecule has 1 aromatic rings. The van der Waals surface area contributed by atoms with Crippen molar-refractivity contribution in [2.75, 3.05) is 20.1 Å². The normalized spacial score (nSPS) is 12.0. The van der Waals surface area contributed by atoms with E-state index in [-0.39, 0.29) is 5.91 Å². The highest BCUT2D eigenvalue weighted by Crippen LogP contribution is 2.09. The molecule has 25 heavy (non-hydrogen) atoms. The lowest BCUT2D eigenvalue weighted by Crippen LogP contribution is -2.56. The number of nitrogens with zero attached hydrogens (tertiary/aromatic N) is 1. The van der Waals surface area contributed by atoms with Crippen LogP contribution in [0, 0.1) is 0 Å². The van der Waals surface area contributed by atoms with Crippen molar-refractivity contribution < 1.29 is 14.3 Å². The van der Waals surface area contributed by atoms with Crippen LogP contribution in [0.25, 0.3) is 0 Å². The molecule has 6 nitrogen and oxygen atoms in total. The first-order valence-electron chi connectivity index (χ1n) is 8.51. The van der Waals surface area contributed by atoms with Gasteiger partial charge >= 0.3 is 6.09 Å². The van der Waals surface area contributed by atoms with Gasteiger partial charge in [-0.15, -0.1) is 0 Å². The van der Waals surface area contributed by atoms with E-state index in [1.165, 1.54) is 5.56 Å². The van der Waals surface area contributed by atoms with E-state index in [1.54, 1.807) is 34.6 Å². The van der Waals surface area contributed by atoms with Gasteiger partial charge in [0.25, 0.3) is 0 Å². The van der Waals surface area contributed by atoms with E-state index in [4.69, 9.17) is 4.74 Å². The molecule has 0 fully saturated rings. The number of ether oxygens (including phenoxy) is 1. The molecule has 0 aliphatic rings. The molecule has 1 aromatic carbocycles. The summed E-state index contributed by atoms with van der Waals surface area (Å²) in [7, 11) is 2.00. The van der Waals surface area contributed by atoms with Gasteiger partial charge in [0.2, 0.25) is 5.91 Å². The molecule has 0 aliphatic heterocycles. The van der Waals surface area contributed by atoms with E-state index < -0.39 is 17.2 Å². The van der Waals surface area contributed by atoms with Crippen LogP contribution in [-0.2, 0) is 16.1 Å². The van der Waals surface area contributed by atoms with Gasteiger partial charge in [-0.2, -0.15) is 0 Å². The molecule has 0 aliphatic carbocycles. The van der Waals surface area contributed by atoms with Crippen molar-refractivity contribution in [1.82, 2.24) is 15.5 Å². The number of hydrogen-bond acceptors (Lipinski definition) is 4. The summed E-state index contributed by atoms with van der Waals surface area (Å²) in [4.78, 5) is 26.3. The van der Waals surface area contributed by atoms with Crippen molar-refractivity contribution in [1.29, 1.82) is 0 Å². The smallest absolute Gasteiger partial charge is 0.408 e. The highest BCUT2D eigenvalue weighted by atomic mass is 16.6. The number of nitrogens with one attached hydrogen (secondary N) is 2. The van der Waals surface area contributed by atoms with E-state index in [2.05, 4.69) is 27.7 Å². The van der Waals surface area contributed by atoms with Gasteiger partial charge in [0.15, 0.2) is 0 Å². The van der Waals surface area contributed by atoms with Crippen molar-refractivity contribution >= 4 is 12.0 Å². The number of amides is 2. The molecule has 0 radical (unpaired) electrons. The quantitative estimate of drug-likeness (QED) is 0.794. The summed E-state index contributed by atoms with van der Waals surface area (Å²) < 4.78 is 5.19. The first-order valence-corrected chi connectivity index (χ1v) is 8.51. The summed E-state index contributed by atoms with van der Waals surface area (Å²) in [5.74, 6) is -0.244. The first-order chi connectivity index (χ1) is 11.5. The maximum absolute atomic E-state index is 12.3. The lowest BCUT2D eigenvalue weighted by atomic mass is 10.1. The Kier molecular flexibility index (Phi) is 7.42. The lowest BCUT2D eigenvalue weighted by molar-refractivity contribution is -0.126. The Morgan fingerprint density at radius 2 is 1.68 bits per heavy atom. The summed E-state index contributed by atoms with van der Waals surface area (Å²) in [5.41, 5.74) is -0.417. The maximum atomic E-state index is 12.3. The van der Waals surface area contributed by atoms with Crippen LogP contribution in [0.15, 0.2) is 30.3 Å². The van der Waals surface area contributed by atoms with E-state index in [1.807, 2.05) is 25.2 Å². The summed E-state index contributed by atoms with van der Waals surface area (Å²) in [5, 5.41) is 5.46. The van der Waals surface area contributed by atoms with Crippen LogP contribution in [0.3, 0.4) is 0 Å². The van der Waals surface area contributed by atoms with Gasteiger partial charge in [0.1, 0.15) is 11.1 Å². The molecule has 0 spiro atoms. The van der Waals surface area contributed by atoms with Gasteiger partial charge in [0.05, 0.1) is 0 Å². The van der Waals surface area contributed by atoms with Crippen LogP contribution in [0.1, 0.15) is 40.2 Å². The molecule has 2 amide bonds. The van der Waals surface area contributed by atoms with Crippen molar-refractivity contribution in [3.05, 3.63) is 35.9 Å². The van der Waals surface area contributed by atoms with Gasteiger partial charge in [-0.3, -0.25) is 4.79 Å². The Hall–Kier alpha value is -2.08. The number of rotatable bonds is 7. The van der Waals surface area contributed by atoms with E-state index >= 15 is 0 Å². The van der Waals surface area contributed by atoms with Crippen LogP contribution in [-0.4, -0.2) is 48.2 Å². The standard InChI is InChI=1S/C19H31N3O3/c1-18(2,3)25-17(24)21-19(4,5)16(23)20-12-13-22(6)14-15-10-8-7-9-11-15/h7-11H,12-14H2,1-6H3,(H,20,23)(H,21,24). The number of carbonyl (C=O) groups excluding carboxylic acids is 2. The third-order valence-corrected chi connectivity index (χ3v) is 3.46. The van der Waals surface area contributed by atoms with Crippen molar-refractivity contribution in [2.45, 2.75) is 52.3 Å². The van der Waals surface area contributed by atoms with Crippen LogP contribution in [0.4, 0.5) is 4.79 Å². The molecule has 0 saturated heterocycles. The molecule has 0 unspecified atom stereocenters. The fourth-order valence-electron chi connectivity index (χ4n) is 2.17. The Balaban J connectivity index is 2.38. The SMILES string of the molecule is CN(CCNC(=O)C(C)(C)NC(=O)OC(C)(C)C)Cc1ccccc1. The molecule has 140 valence electrons. The minimum atomic E-state index is -1.04. The van der Waals surface area contributed by atoms with Crippen LogP contribution in [0.2, 0.25) is 0 Å². The van der Waals surface area contributed by atoms with Crippen molar-refractivity contribution in [2.24, 2.45) is 0 Å². The second-order valence-corrected chi connectivity index (χ2v) is 7.73. The first kappa shape index (κ1) is 21.0. The third-order valence-electron chi connectivity index (χ3n) is 3.46. The molecule has 0 bridgehead atoms. The Morgan fingerprint density at radius 1 is 1.08 bits per heavy atom. The fourth-order valence-corrected chi connectivity index (χ4v) is 2.17. The van der Waals surface area contributed by atoms with Gasteiger partial charge in [-0.1, -0.05) is 30.3 Å². The molecular formula is C19H31N3O3. The van der Waals surface area contributed by atoms with Crippen molar-refractivity contribution in [3.63, 3.8) is 0 Å². The average molecular weight is 349 g/mol. The van der Waals surface area contributed by atoms with Crippen LogP contribution >= 0.6 is 0 Å². The zero-order valence-corrected chi connectivity index (χ0v) is 16.2. The summed E-state index contributed by atoms with van der Waals surface area (Å²) in [6.45, 7) is 10.7. The predicted molar refractivity (Wildman–Crippen MR) is 99.2 cm³/mol. The van der Waals surface area contributed by atoms with E-state index in [0.717, 1.165) is 6.54 Å². The van der Waals surface area contributed by atoms with Gasteiger partial charge in [0, 0.05) is 19.6 Å². The van der Waals surface area contributed by atoms with Crippen LogP contribution < -0.4 is 10.6 Å². The Bertz CT molecular complexity index is 565. The number of alkyl carbamates (subject to hydrolysis) is 1. The summed E-state index contributed by atoms with van der Waals surface area (Å²) >= 11 is 0. The minimum absolute atomic E-state index is 0.244. The maximum Gasteiger partial charge on any atom is 0.408 e. The summed E-state index contributed by atoms with van der Waals surface area (Å²) in [6.07, 6.45) is -0.603. The second kappa shape index (κ2) is 8.85. The van der Waals surface area contributed by atoms with E-state index in [9.17, 15) is 9.59 Å². The van der Waals surface area contributed by atoms with Gasteiger partial charge < -0.3 is 20.3 Å². The zero-order chi connectivity index (χ0) is 19.1. The fraction of sp³-hybridized carbons (Fsp3) is 0.579. The Morgan fingerprint density at radius 3 is 2.24 bits per heavy atom. The van der Waals surface area contributed by atoms with Gasteiger partial charge in [-0.25, -0.2) is 4.79 Å². The molecule has 0 saturated carbocycles. The summed E-state index contributed by atoms with van der Waals surface area (Å²) in [6, 6.07) is 10.2. The minimum Gasteiger partial charge on any atom is -0.444 e. The second-order valence-electron chi connectivity index (χ2n) is 7.73. The molecule has 6 heteroatoms. The largest absolute Gasteiger partial charge is 0.444 e. The highest BCUT2D eigenvalue weighted by molar-refractivity contribution is 5.89. The molecular weight excluding hydrogens is 318 g/mol. The molecule has 0 aromatic heterocycles. The van der Waals surface area contributed by atoms with E-state index in [0.29, 0.717) is 13.1 Å². The molecule has 2 N–H and O–H groups in total. The monoisotopic (exact) mass is 349 g/mol. The Labute approximate surface area is 150 Å². The number of carbonyl (C=O) groups is 2. The molecule has 1 rings (SSSR count). The van der Waals surface area contributed by atoms with Crippen LogP contribution in [0.5, 0.6) is 0 Å². The topological polar surface area (TPSA) is 70.7 Å². The van der Waals surface area contributed by atoms with Crippen molar-refractivity contribution in [3.8, 4) is 0 Å². The molecule has 0 atom stereocenters. The number of hydrogen-bond donors (Lipinski definition) is 2. The van der Waals surface area contributed by atoms with Gasteiger partial charge in [-0.05, 0) is 47.2 Å². The predicted octanol–water partition coefficient (Wildman–Crippen LogP) is 2.54. The lowest BCUT2D eigenvalue weighted by Gasteiger charge is -2.28. The molecule has 0 heterocycles. The average Bonchev–Trinajstić information content (AvgIpc) is 2.45. The third kappa shape index (κ3) is 8.54.